The second-order valence-electron chi connectivity index (χ2n) is 4.38. The Morgan fingerprint density at radius 3 is 2.52 bits per heavy atom. The van der Waals surface area contributed by atoms with Crippen LogP contribution in [0.15, 0.2) is 59.8 Å². The Labute approximate surface area is 122 Å². The van der Waals surface area contributed by atoms with Gasteiger partial charge in [0.05, 0.1) is 5.71 Å². The number of carboxylic acids is 1. The zero-order chi connectivity index (χ0) is 15.1. The van der Waals surface area contributed by atoms with E-state index in [0.717, 1.165) is 16.9 Å². The van der Waals surface area contributed by atoms with E-state index >= 15 is 0 Å². The summed E-state index contributed by atoms with van der Waals surface area (Å²) < 4.78 is 0. The first-order valence-corrected chi connectivity index (χ1v) is 6.46. The molecule has 0 saturated carbocycles. The Bertz CT molecular complexity index is 639. The summed E-state index contributed by atoms with van der Waals surface area (Å²) in [6.45, 7) is 1.32. The van der Waals surface area contributed by atoms with Crippen molar-refractivity contribution in [1.29, 1.82) is 0 Å². The summed E-state index contributed by atoms with van der Waals surface area (Å²) in [5, 5.41) is 15.7. The number of oxime groups is 1. The normalized spacial score (nSPS) is 11.0. The van der Waals surface area contributed by atoms with E-state index in [1.54, 1.807) is 6.92 Å². The van der Waals surface area contributed by atoms with Crippen molar-refractivity contribution in [2.75, 3.05) is 11.9 Å². The number of rotatable bonds is 6. The summed E-state index contributed by atoms with van der Waals surface area (Å²) in [4.78, 5) is 15.2. The molecule has 2 aromatic rings. The smallest absolute Gasteiger partial charge is 0.344 e. The van der Waals surface area contributed by atoms with Crippen LogP contribution in [0.1, 0.15) is 12.5 Å². The summed E-state index contributed by atoms with van der Waals surface area (Å²) in [7, 11) is 0. The number of carbonyl (C=O) groups is 1. The number of benzene rings is 2. The molecule has 0 heterocycles. The second-order valence-corrected chi connectivity index (χ2v) is 4.38. The molecule has 5 nitrogen and oxygen atoms in total. The van der Waals surface area contributed by atoms with Gasteiger partial charge in [0.25, 0.3) is 0 Å². The maximum atomic E-state index is 10.4. The highest BCUT2D eigenvalue weighted by molar-refractivity contribution is 6.03. The highest BCUT2D eigenvalue weighted by Gasteiger charge is 2.06. The van der Waals surface area contributed by atoms with Gasteiger partial charge in [0, 0.05) is 16.9 Å². The number of hydrogen-bond donors (Lipinski definition) is 2. The lowest BCUT2D eigenvalue weighted by Gasteiger charge is -2.11. The molecule has 0 spiro atoms. The first kappa shape index (κ1) is 14.6. The van der Waals surface area contributed by atoms with Gasteiger partial charge in [-0.3, -0.25) is 0 Å². The highest BCUT2D eigenvalue weighted by Crippen LogP contribution is 2.21. The van der Waals surface area contributed by atoms with Gasteiger partial charge in [0.15, 0.2) is 0 Å². The van der Waals surface area contributed by atoms with Crippen molar-refractivity contribution in [3.63, 3.8) is 0 Å². The molecule has 0 atom stereocenters. The molecule has 0 aliphatic heterocycles. The molecule has 0 aliphatic carbocycles. The number of hydrogen-bond acceptors (Lipinski definition) is 4. The number of anilines is 2. The molecule has 0 fully saturated rings. The number of para-hydroxylation sites is 2. The molecular weight excluding hydrogens is 268 g/mol. The van der Waals surface area contributed by atoms with Gasteiger partial charge >= 0.3 is 5.97 Å². The van der Waals surface area contributed by atoms with E-state index in [-0.39, 0.29) is 0 Å². The minimum Gasteiger partial charge on any atom is -0.479 e. The molecule has 0 bridgehead atoms. The van der Waals surface area contributed by atoms with Crippen LogP contribution in [0.25, 0.3) is 0 Å². The predicted octanol–water partition coefficient (Wildman–Crippen LogP) is 3.26. The van der Waals surface area contributed by atoms with E-state index in [4.69, 9.17) is 9.94 Å². The summed E-state index contributed by atoms with van der Waals surface area (Å²) in [6, 6.07) is 17.4. The average molecular weight is 284 g/mol. The molecule has 0 radical (unpaired) electrons. The second kappa shape index (κ2) is 7.09. The maximum absolute atomic E-state index is 10.4. The Morgan fingerprint density at radius 2 is 1.81 bits per heavy atom. The van der Waals surface area contributed by atoms with Gasteiger partial charge in [-0.25, -0.2) is 4.79 Å². The third-order valence-corrected chi connectivity index (χ3v) is 2.76. The Morgan fingerprint density at radius 1 is 1.14 bits per heavy atom. The monoisotopic (exact) mass is 284 g/mol. The van der Waals surface area contributed by atoms with Crippen LogP contribution in [0.5, 0.6) is 0 Å². The highest BCUT2D eigenvalue weighted by atomic mass is 16.6. The molecule has 0 amide bonds. The third kappa shape index (κ3) is 4.35. The van der Waals surface area contributed by atoms with Gasteiger partial charge in [-0.1, -0.05) is 41.6 Å². The molecule has 0 aromatic heterocycles. The van der Waals surface area contributed by atoms with Crippen molar-refractivity contribution in [3.8, 4) is 0 Å². The van der Waals surface area contributed by atoms with Gasteiger partial charge in [-0.2, -0.15) is 0 Å². The Hall–Kier alpha value is -2.82. The van der Waals surface area contributed by atoms with Gasteiger partial charge in [-0.05, 0) is 25.1 Å². The Kier molecular flexibility index (Phi) is 4.93. The molecule has 5 heteroatoms. The molecule has 2 rings (SSSR count). The average Bonchev–Trinajstić information content (AvgIpc) is 2.48. The van der Waals surface area contributed by atoms with Crippen LogP contribution in [0, 0.1) is 0 Å². The zero-order valence-electron chi connectivity index (χ0n) is 11.6. The quantitative estimate of drug-likeness (QED) is 0.631. The van der Waals surface area contributed by atoms with E-state index < -0.39 is 12.6 Å². The molecule has 0 aliphatic rings. The van der Waals surface area contributed by atoms with E-state index in [1.165, 1.54) is 0 Å². The van der Waals surface area contributed by atoms with Gasteiger partial charge in [0.1, 0.15) is 0 Å². The lowest BCUT2D eigenvalue weighted by molar-refractivity contribution is -0.142. The van der Waals surface area contributed by atoms with Crippen molar-refractivity contribution < 1.29 is 14.7 Å². The number of nitrogens with zero attached hydrogens (tertiary/aromatic N) is 1. The zero-order valence-corrected chi connectivity index (χ0v) is 11.6. The topological polar surface area (TPSA) is 70.9 Å². The Balaban J connectivity index is 2.18. The third-order valence-electron chi connectivity index (χ3n) is 2.76. The fourth-order valence-corrected chi connectivity index (χ4v) is 1.82. The van der Waals surface area contributed by atoms with Crippen LogP contribution in [0.2, 0.25) is 0 Å². The summed E-state index contributed by atoms with van der Waals surface area (Å²) in [5.74, 6) is -1.05. The fourth-order valence-electron chi connectivity index (χ4n) is 1.82. The lowest BCUT2D eigenvalue weighted by Crippen LogP contribution is -2.06. The van der Waals surface area contributed by atoms with Crippen LogP contribution >= 0.6 is 0 Å². The van der Waals surface area contributed by atoms with E-state index in [2.05, 4.69) is 10.5 Å². The number of nitrogens with one attached hydrogen (secondary N) is 1. The SMILES string of the molecule is C/C(=N\OCC(=O)O)c1ccccc1Nc1ccccc1. The maximum Gasteiger partial charge on any atom is 0.344 e. The minimum absolute atomic E-state index is 0.453. The van der Waals surface area contributed by atoms with Crippen LogP contribution in [-0.4, -0.2) is 23.4 Å². The molecule has 0 unspecified atom stereocenters. The molecule has 2 aromatic carbocycles. The molecule has 108 valence electrons. The van der Waals surface area contributed by atoms with E-state index in [0.29, 0.717) is 5.71 Å². The first-order chi connectivity index (χ1) is 10.2. The van der Waals surface area contributed by atoms with Gasteiger partial charge < -0.3 is 15.3 Å². The first-order valence-electron chi connectivity index (χ1n) is 6.46. The van der Waals surface area contributed by atoms with Crippen molar-refractivity contribution in [2.45, 2.75) is 6.92 Å². The van der Waals surface area contributed by atoms with Crippen molar-refractivity contribution >= 4 is 23.1 Å². The van der Waals surface area contributed by atoms with Crippen LogP contribution in [0.3, 0.4) is 0 Å². The van der Waals surface area contributed by atoms with Gasteiger partial charge in [0.2, 0.25) is 6.61 Å². The molecule has 21 heavy (non-hydrogen) atoms. The molecule has 2 N–H and O–H groups in total. The number of aliphatic carboxylic acids is 1. The molecule has 0 saturated heterocycles. The van der Waals surface area contributed by atoms with Crippen molar-refractivity contribution in [1.82, 2.24) is 0 Å². The fraction of sp³-hybridized carbons (Fsp3) is 0.125. The minimum atomic E-state index is -1.05. The number of carboxylic acid groups (broad SMARTS) is 1. The van der Waals surface area contributed by atoms with Crippen molar-refractivity contribution in [2.24, 2.45) is 5.16 Å². The van der Waals surface area contributed by atoms with E-state index in [1.807, 2.05) is 54.6 Å². The standard InChI is InChI=1S/C16H16N2O3/c1-12(18-21-11-16(19)20)14-9-5-6-10-15(14)17-13-7-3-2-4-8-13/h2-10,17H,11H2,1H3,(H,19,20)/b18-12+. The van der Waals surface area contributed by atoms with E-state index in [9.17, 15) is 4.79 Å². The van der Waals surface area contributed by atoms with Crippen LogP contribution in [0.4, 0.5) is 11.4 Å². The predicted molar refractivity (Wildman–Crippen MR) is 82.0 cm³/mol. The summed E-state index contributed by atoms with van der Waals surface area (Å²) >= 11 is 0. The molecular formula is C16H16N2O3. The largest absolute Gasteiger partial charge is 0.479 e. The summed E-state index contributed by atoms with van der Waals surface area (Å²) in [5.41, 5.74) is 3.30. The summed E-state index contributed by atoms with van der Waals surface area (Å²) in [6.07, 6.45) is 0. The van der Waals surface area contributed by atoms with Crippen LogP contribution < -0.4 is 5.32 Å². The van der Waals surface area contributed by atoms with Crippen LogP contribution in [-0.2, 0) is 9.63 Å². The van der Waals surface area contributed by atoms with Crippen molar-refractivity contribution in [3.05, 3.63) is 60.2 Å². The van der Waals surface area contributed by atoms with Gasteiger partial charge in [-0.15, -0.1) is 0 Å². The lowest BCUT2D eigenvalue weighted by atomic mass is 10.1.